The minimum atomic E-state index is -0.963. The molecule has 0 bridgehead atoms. The Kier molecular flexibility index (Phi) is 5.83. The second kappa shape index (κ2) is 7.16. The first kappa shape index (κ1) is 17.1. The molecule has 8 nitrogen and oxygen atoms in total. The van der Waals surface area contributed by atoms with Gasteiger partial charge in [-0.25, -0.2) is 9.69 Å². The molecule has 1 rings (SSSR count). The summed E-state index contributed by atoms with van der Waals surface area (Å²) in [5.74, 6) is -2.32. The van der Waals surface area contributed by atoms with Crippen LogP contribution in [0.3, 0.4) is 0 Å². The van der Waals surface area contributed by atoms with Crippen molar-refractivity contribution in [3.63, 3.8) is 0 Å². The number of nitrogens with zero attached hydrogens (tertiary/aromatic N) is 2. The number of carbonyl (C=O) groups is 4. The van der Waals surface area contributed by atoms with E-state index in [1.807, 2.05) is 13.8 Å². The van der Waals surface area contributed by atoms with Crippen LogP contribution in [0.2, 0.25) is 0 Å². The molecule has 0 aromatic rings. The van der Waals surface area contributed by atoms with E-state index in [1.165, 1.54) is 7.11 Å². The molecule has 5 amide bonds. The molecule has 21 heavy (non-hydrogen) atoms. The van der Waals surface area contributed by atoms with Gasteiger partial charge in [-0.1, -0.05) is 13.8 Å². The van der Waals surface area contributed by atoms with Crippen molar-refractivity contribution in [3.8, 4) is 0 Å². The van der Waals surface area contributed by atoms with Crippen molar-refractivity contribution in [2.24, 2.45) is 5.92 Å². The maximum Gasteiger partial charge on any atom is 0.334 e. The molecule has 0 saturated carbocycles. The molecule has 0 radical (unpaired) electrons. The van der Waals surface area contributed by atoms with Crippen LogP contribution in [0.1, 0.15) is 20.8 Å². The predicted molar refractivity (Wildman–Crippen MR) is 73.1 cm³/mol. The Morgan fingerprint density at radius 3 is 2.24 bits per heavy atom. The number of hydrogen-bond acceptors (Lipinski definition) is 5. The summed E-state index contributed by atoms with van der Waals surface area (Å²) in [6.07, 6.45) is 0. The van der Waals surface area contributed by atoms with E-state index in [0.717, 1.165) is 4.90 Å². The number of imide groups is 2. The van der Waals surface area contributed by atoms with Crippen LogP contribution in [-0.4, -0.2) is 66.4 Å². The van der Waals surface area contributed by atoms with E-state index < -0.39 is 30.3 Å². The Bertz CT molecular complexity index is 449. The number of ether oxygens (including phenoxy) is 1. The number of methoxy groups -OCH3 is 1. The zero-order chi connectivity index (χ0) is 16.2. The summed E-state index contributed by atoms with van der Waals surface area (Å²) in [5.41, 5.74) is 0. The standard InChI is InChI=1S/C13H21N3O5/c1-8(2)5-15-11(18)12(19)16(13(15)20)6-10(17)14-9(3)7-21-4/h8-9H,5-7H2,1-4H3,(H,14,17)/t9-/m1/s1. The number of urea groups is 1. The van der Waals surface area contributed by atoms with Crippen LogP contribution in [-0.2, 0) is 19.1 Å². The van der Waals surface area contributed by atoms with Gasteiger partial charge in [0.25, 0.3) is 0 Å². The third-order valence-corrected chi connectivity index (χ3v) is 2.81. The topological polar surface area (TPSA) is 96.0 Å². The fourth-order valence-electron chi connectivity index (χ4n) is 1.97. The van der Waals surface area contributed by atoms with Gasteiger partial charge in [0.1, 0.15) is 6.54 Å². The number of amides is 5. The van der Waals surface area contributed by atoms with E-state index in [0.29, 0.717) is 11.5 Å². The largest absolute Gasteiger partial charge is 0.383 e. The normalized spacial score (nSPS) is 16.9. The fraction of sp³-hybridized carbons (Fsp3) is 0.692. The average molecular weight is 299 g/mol. The van der Waals surface area contributed by atoms with Gasteiger partial charge in [-0.3, -0.25) is 19.3 Å². The average Bonchev–Trinajstić information content (AvgIpc) is 2.56. The van der Waals surface area contributed by atoms with Crippen molar-refractivity contribution in [3.05, 3.63) is 0 Å². The minimum Gasteiger partial charge on any atom is -0.383 e. The third kappa shape index (κ3) is 4.25. The van der Waals surface area contributed by atoms with Crippen LogP contribution in [0.4, 0.5) is 4.79 Å². The molecular weight excluding hydrogens is 278 g/mol. The molecular formula is C13H21N3O5. The Labute approximate surface area is 123 Å². The molecule has 1 fully saturated rings. The predicted octanol–water partition coefficient (Wildman–Crippen LogP) is -0.416. The number of nitrogens with one attached hydrogen (secondary N) is 1. The van der Waals surface area contributed by atoms with Gasteiger partial charge in [-0.05, 0) is 12.8 Å². The maximum absolute atomic E-state index is 12.0. The van der Waals surface area contributed by atoms with Gasteiger partial charge in [-0.2, -0.15) is 0 Å². The summed E-state index contributed by atoms with van der Waals surface area (Å²) in [4.78, 5) is 48.8. The van der Waals surface area contributed by atoms with Gasteiger partial charge in [0.05, 0.1) is 6.61 Å². The van der Waals surface area contributed by atoms with E-state index in [1.54, 1.807) is 6.92 Å². The Balaban J connectivity index is 2.67. The lowest BCUT2D eigenvalue weighted by molar-refractivity contribution is -0.144. The second-order valence-electron chi connectivity index (χ2n) is 5.41. The van der Waals surface area contributed by atoms with Crippen LogP contribution in [0.5, 0.6) is 0 Å². The number of rotatable bonds is 7. The molecule has 1 aliphatic heterocycles. The number of hydrogen-bond donors (Lipinski definition) is 1. The van der Waals surface area contributed by atoms with Gasteiger partial charge >= 0.3 is 17.8 Å². The SMILES string of the molecule is COC[C@@H](C)NC(=O)CN1C(=O)C(=O)N(CC(C)C)C1=O. The van der Waals surface area contributed by atoms with Crippen molar-refractivity contribution in [2.45, 2.75) is 26.8 Å². The van der Waals surface area contributed by atoms with Crippen molar-refractivity contribution in [1.82, 2.24) is 15.1 Å². The monoisotopic (exact) mass is 299 g/mol. The lowest BCUT2D eigenvalue weighted by atomic mass is 10.2. The Hall–Kier alpha value is -1.96. The summed E-state index contributed by atoms with van der Waals surface area (Å²) >= 11 is 0. The number of carbonyl (C=O) groups excluding carboxylic acids is 4. The molecule has 1 N–H and O–H groups in total. The van der Waals surface area contributed by atoms with Gasteiger partial charge in [0, 0.05) is 19.7 Å². The van der Waals surface area contributed by atoms with Gasteiger partial charge in [0.2, 0.25) is 5.91 Å². The maximum atomic E-state index is 12.0. The van der Waals surface area contributed by atoms with Crippen molar-refractivity contribution in [2.75, 3.05) is 26.8 Å². The van der Waals surface area contributed by atoms with Gasteiger partial charge in [-0.15, -0.1) is 0 Å². The van der Waals surface area contributed by atoms with Gasteiger partial charge in [0.15, 0.2) is 0 Å². The zero-order valence-electron chi connectivity index (χ0n) is 12.7. The Morgan fingerprint density at radius 1 is 1.14 bits per heavy atom. The molecule has 0 aromatic heterocycles. The van der Waals surface area contributed by atoms with Crippen LogP contribution >= 0.6 is 0 Å². The molecule has 0 aromatic carbocycles. The molecule has 118 valence electrons. The van der Waals surface area contributed by atoms with Gasteiger partial charge < -0.3 is 10.1 Å². The summed E-state index contributed by atoms with van der Waals surface area (Å²) in [6, 6.07) is -0.994. The molecule has 0 unspecified atom stereocenters. The molecule has 1 heterocycles. The summed E-state index contributed by atoms with van der Waals surface area (Å²) in [6.45, 7) is 5.38. The highest BCUT2D eigenvalue weighted by molar-refractivity contribution is 6.45. The molecule has 8 heteroatoms. The summed E-state index contributed by atoms with van der Waals surface area (Å²) in [7, 11) is 1.50. The summed E-state index contributed by atoms with van der Waals surface area (Å²) < 4.78 is 4.87. The first-order valence-electron chi connectivity index (χ1n) is 6.73. The van der Waals surface area contributed by atoms with Crippen LogP contribution < -0.4 is 5.32 Å². The van der Waals surface area contributed by atoms with Crippen molar-refractivity contribution in [1.29, 1.82) is 0 Å². The Morgan fingerprint density at radius 2 is 1.71 bits per heavy atom. The molecule has 1 atom stereocenters. The van der Waals surface area contributed by atoms with Crippen LogP contribution in [0.15, 0.2) is 0 Å². The smallest absolute Gasteiger partial charge is 0.334 e. The van der Waals surface area contributed by atoms with E-state index in [2.05, 4.69) is 5.32 Å². The van der Waals surface area contributed by atoms with E-state index in [-0.39, 0.29) is 18.5 Å². The van der Waals surface area contributed by atoms with Crippen LogP contribution in [0, 0.1) is 5.92 Å². The van der Waals surface area contributed by atoms with Crippen LogP contribution in [0.25, 0.3) is 0 Å². The first-order valence-corrected chi connectivity index (χ1v) is 6.73. The highest BCUT2D eigenvalue weighted by Gasteiger charge is 2.45. The lowest BCUT2D eigenvalue weighted by Gasteiger charge is -2.18. The first-order chi connectivity index (χ1) is 9.77. The van der Waals surface area contributed by atoms with Crippen molar-refractivity contribution < 1.29 is 23.9 Å². The fourth-order valence-corrected chi connectivity index (χ4v) is 1.97. The molecule has 1 aliphatic rings. The molecule has 0 aliphatic carbocycles. The van der Waals surface area contributed by atoms with E-state index in [4.69, 9.17) is 4.74 Å². The third-order valence-electron chi connectivity index (χ3n) is 2.81. The zero-order valence-corrected chi connectivity index (χ0v) is 12.7. The highest BCUT2D eigenvalue weighted by Crippen LogP contribution is 2.13. The van der Waals surface area contributed by atoms with E-state index in [9.17, 15) is 19.2 Å². The minimum absolute atomic E-state index is 0.0428. The second-order valence-corrected chi connectivity index (χ2v) is 5.41. The lowest BCUT2D eigenvalue weighted by Crippen LogP contribution is -2.45. The highest BCUT2D eigenvalue weighted by atomic mass is 16.5. The van der Waals surface area contributed by atoms with Crippen molar-refractivity contribution >= 4 is 23.8 Å². The summed E-state index contributed by atoms with van der Waals surface area (Å²) in [5, 5.41) is 2.58. The molecule has 1 saturated heterocycles. The quantitative estimate of drug-likeness (QED) is 0.509. The molecule has 0 spiro atoms. The van der Waals surface area contributed by atoms with E-state index >= 15 is 0 Å².